The normalized spacial score (nSPS) is 26.2. The van der Waals surface area contributed by atoms with Crippen LogP contribution in [0.3, 0.4) is 0 Å². The molecule has 136 valence electrons. The Bertz CT molecular complexity index is 607. The van der Waals surface area contributed by atoms with Crippen molar-refractivity contribution in [3.8, 4) is 0 Å². The van der Waals surface area contributed by atoms with E-state index in [-0.39, 0.29) is 29.9 Å². The summed E-state index contributed by atoms with van der Waals surface area (Å²) < 4.78 is 5.89. The van der Waals surface area contributed by atoms with Crippen molar-refractivity contribution in [1.29, 1.82) is 0 Å². The van der Waals surface area contributed by atoms with E-state index in [0.717, 1.165) is 24.9 Å². The molecule has 0 aliphatic carbocycles. The fourth-order valence-electron chi connectivity index (χ4n) is 3.72. The van der Waals surface area contributed by atoms with Crippen molar-refractivity contribution in [3.63, 3.8) is 0 Å². The van der Waals surface area contributed by atoms with E-state index in [1.165, 1.54) is 0 Å². The zero-order valence-corrected chi connectivity index (χ0v) is 14.8. The van der Waals surface area contributed by atoms with E-state index < -0.39 is 0 Å². The number of nitrogens with two attached hydrogens (primary N) is 1. The molecule has 25 heavy (non-hydrogen) atoms. The summed E-state index contributed by atoms with van der Waals surface area (Å²) in [5.74, 6) is -0.438. The largest absolute Gasteiger partial charge is 0.371 e. The van der Waals surface area contributed by atoms with Gasteiger partial charge < -0.3 is 15.4 Å². The van der Waals surface area contributed by atoms with Gasteiger partial charge in [-0.05, 0) is 25.3 Å². The SMILES string of the molecule is C[C@H](C(=O)N1CCC[C@H](C(N)=O)C1)N1CCO[C@H](c2ccccc2)C1. The number of hydrogen-bond acceptors (Lipinski definition) is 4. The van der Waals surface area contributed by atoms with Crippen molar-refractivity contribution in [2.75, 3.05) is 32.8 Å². The summed E-state index contributed by atoms with van der Waals surface area (Å²) in [6, 6.07) is 9.89. The van der Waals surface area contributed by atoms with Crippen molar-refractivity contribution >= 4 is 11.8 Å². The quantitative estimate of drug-likeness (QED) is 0.889. The molecule has 3 rings (SSSR count). The maximum Gasteiger partial charge on any atom is 0.239 e. The van der Waals surface area contributed by atoms with Crippen LogP contribution in [0.15, 0.2) is 30.3 Å². The van der Waals surface area contributed by atoms with E-state index >= 15 is 0 Å². The van der Waals surface area contributed by atoms with Gasteiger partial charge in [0.25, 0.3) is 0 Å². The predicted molar refractivity (Wildman–Crippen MR) is 94.7 cm³/mol. The molecule has 2 aliphatic heterocycles. The molecule has 2 N–H and O–H groups in total. The van der Waals surface area contributed by atoms with Gasteiger partial charge in [-0.3, -0.25) is 14.5 Å². The number of morpholine rings is 1. The number of benzene rings is 1. The molecular formula is C19H27N3O3. The molecule has 0 bridgehead atoms. The number of hydrogen-bond donors (Lipinski definition) is 1. The summed E-state index contributed by atoms with van der Waals surface area (Å²) in [4.78, 5) is 28.3. The standard InChI is InChI=1S/C19H27N3O3/c1-14(19(24)22-9-5-8-16(12-22)18(20)23)21-10-11-25-17(13-21)15-6-3-2-4-7-15/h2-4,6-7,14,16-17H,5,8-13H2,1H3,(H2,20,23)/t14-,16+,17+/m1/s1. The van der Waals surface area contributed by atoms with Crippen LogP contribution in [0.1, 0.15) is 31.4 Å². The van der Waals surface area contributed by atoms with Gasteiger partial charge in [-0.15, -0.1) is 0 Å². The first-order valence-corrected chi connectivity index (χ1v) is 9.05. The van der Waals surface area contributed by atoms with Crippen molar-refractivity contribution < 1.29 is 14.3 Å². The number of carbonyl (C=O) groups is 2. The summed E-state index contributed by atoms with van der Waals surface area (Å²) in [5.41, 5.74) is 6.56. The number of amides is 2. The first-order chi connectivity index (χ1) is 12.1. The van der Waals surface area contributed by atoms with E-state index in [4.69, 9.17) is 10.5 Å². The maximum atomic E-state index is 12.9. The third kappa shape index (κ3) is 4.19. The van der Waals surface area contributed by atoms with Crippen LogP contribution < -0.4 is 5.73 Å². The van der Waals surface area contributed by atoms with Gasteiger partial charge in [0.15, 0.2) is 0 Å². The van der Waals surface area contributed by atoms with Gasteiger partial charge in [0, 0.05) is 26.2 Å². The Morgan fingerprint density at radius 1 is 1.20 bits per heavy atom. The summed E-state index contributed by atoms with van der Waals surface area (Å²) in [7, 11) is 0. The first kappa shape index (κ1) is 17.9. The van der Waals surface area contributed by atoms with Crippen LogP contribution in [0.5, 0.6) is 0 Å². The highest BCUT2D eigenvalue weighted by atomic mass is 16.5. The fraction of sp³-hybridized carbons (Fsp3) is 0.579. The van der Waals surface area contributed by atoms with E-state index in [9.17, 15) is 9.59 Å². The lowest BCUT2D eigenvalue weighted by molar-refractivity contribution is -0.142. The molecule has 0 spiro atoms. The van der Waals surface area contributed by atoms with E-state index in [1.807, 2.05) is 25.1 Å². The highest BCUT2D eigenvalue weighted by Crippen LogP contribution is 2.24. The Balaban J connectivity index is 1.62. The van der Waals surface area contributed by atoms with Crippen LogP contribution in [0.4, 0.5) is 0 Å². The zero-order chi connectivity index (χ0) is 17.8. The third-order valence-electron chi connectivity index (χ3n) is 5.31. The second-order valence-electron chi connectivity index (χ2n) is 6.97. The van der Waals surface area contributed by atoms with Gasteiger partial charge >= 0.3 is 0 Å². The molecule has 3 atom stereocenters. The Labute approximate surface area is 148 Å². The second-order valence-corrected chi connectivity index (χ2v) is 6.97. The summed E-state index contributed by atoms with van der Waals surface area (Å²) in [6.07, 6.45) is 1.60. The smallest absolute Gasteiger partial charge is 0.239 e. The lowest BCUT2D eigenvalue weighted by atomic mass is 9.97. The van der Waals surface area contributed by atoms with Gasteiger partial charge in [-0.2, -0.15) is 0 Å². The second kappa shape index (κ2) is 7.97. The van der Waals surface area contributed by atoms with E-state index in [1.54, 1.807) is 4.90 Å². The average molecular weight is 345 g/mol. The van der Waals surface area contributed by atoms with Crippen LogP contribution in [0.25, 0.3) is 0 Å². The molecular weight excluding hydrogens is 318 g/mol. The predicted octanol–water partition coefficient (Wildman–Crippen LogP) is 1.17. The van der Waals surface area contributed by atoms with Crippen LogP contribution in [-0.2, 0) is 14.3 Å². The number of primary amides is 1. The van der Waals surface area contributed by atoms with Gasteiger partial charge in [-0.1, -0.05) is 30.3 Å². The molecule has 1 aromatic rings. The summed E-state index contributed by atoms with van der Waals surface area (Å²) in [6.45, 7) is 5.16. The van der Waals surface area contributed by atoms with Crippen molar-refractivity contribution in [2.24, 2.45) is 11.7 Å². The molecule has 2 amide bonds. The van der Waals surface area contributed by atoms with Gasteiger partial charge in [0.2, 0.25) is 11.8 Å². The van der Waals surface area contributed by atoms with Crippen LogP contribution in [0.2, 0.25) is 0 Å². The van der Waals surface area contributed by atoms with Crippen molar-refractivity contribution in [3.05, 3.63) is 35.9 Å². The van der Waals surface area contributed by atoms with Crippen molar-refractivity contribution in [1.82, 2.24) is 9.80 Å². The summed E-state index contributed by atoms with van der Waals surface area (Å²) in [5, 5.41) is 0. The Kier molecular flexibility index (Phi) is 5.71. The first-order valence-electron chi connectivity index (χ1n) is 9.05. The molecule has 1 aromatic carbocycles. The van der Waals surface area contributed by atoms with Gasteiger partial charge in [-0.25, -0.2) is 0 Å². The van der Waals surface area contributed by atoms with Gasteiger partial charge in [0.05, 0.1) is 24.7 Å². The number of nitrogens with zero attached hydrogens (tertiary/aromatic N) is 2. The molecule has 0 radical (unpaired) electrons. The molecule has 6 heteroatoms. The molecule has 0 aromatic heterocycles. The minimum atomic E-state index is -0.305. The highest BCUT2D eigenvalue weighted by Gasteiger charge is 2.34. The number of likely N-dealkylation sites (tertiary alicyclic amines) is 1. The topological polar surface area (TPSA) is 75.9 Å². The zero-order valence-electron chi connectivity index (χ0n) is 14.8. The third-order valence-corrected chi connectivity index (χ3v) is 5.31. The number of ether oxygens (including phenoxy) is 1. The fourth-order valence-corrected chi connectivity index (χ4v) is 3.72. The van der Waals surface area contributed by atoms with Crippen LogP contribution in [0, 0.1) is 5.92 Å². The average Bonchev–Trinajstić information content (AvgIpc) is 2.67. The minimum absolute atomic E-state index is 0.00933. The van der Waals surface area contributed by atoms with Crippen molar-refractivity contribution in [2.45, 2.75) is 31.9 Å². The number of rotatable bonds is 4. The highest BCUT2D eigenvalue weighted by molar-refractivity contribution is 5.83. The summed E-state index contributed by atoms with van der Waals surface area (Å²) >= 11 is 0. The van der Waals surface area contributed by atoms with Gasteiger partial charge in [0.1, 0.15) is 0 Å². The molecule has 0 saturated carbocycles. The van der Waals surface area contributed by atoms with E-state index in [2.05, 4.69) is 17.0 Å². The molecule has 2 fully saturated rings. The molecule has 0 unspecified atom stereocenters. The van der Waals surface area contributed by atoms with Crippen LogP contribution in [-0.4, -0.2) is 60.4 Å². The van der Waals surface area contributed by atoms with E-state index in [0.29, 0.717) is 26.2 Å². The Hall–Kier alpha value is -1.92. The minimum Gasteiger partial charge on any atom is -0.371 e. The molecule has 2 saturated heterocycles. The lowest BCUT2D eigenvalue weighted by Gasteiger charge is -2.39. The lowest BCUT2D eigenvalue weighted by Crippen LogP contribution is -2.54. The van der Waals surface area contributed by atoms with Crippen LogP contribution >= 0.6 is 0 Å². The molecule has 2 aliphatic rings. The molecule has 6 nitrogen and oxygen atoms in total. The Morgan fingerprint density at radius 2 is 1.96 bits per heavy atom. The molecule has 2 heterocycles. The maximum absolute atomic E-state index is 12.9. The number of piperidine rings is 1. The monoisotopic (exact) mass is 345 g/mol. The number of carbonyl (C=O) groups excluding carboxylic acids is 2. The Morgan fingerprint density at radius 3 is 2.68 bits per heavy atom.